The van der Waals surface area contributed by atoms with Crippen molar-refractivity contribution >= 4 is 28.6 Å². The van der Waals surface area contributed by atoms with Crippen molar-refractivity contribution in [2.45, 2.75) is 27.7 Å². The third kappa shape index (κ3) is 4.51. The number of ether oxygens (including phenoxy) is 1. The van der Waals surface area contributed by atoms with E-state index in [1.807, 2.05) is 63.2 Å². The lowest BCUT2D eigenvalue weighted by atomic mass is 10.1. The van der Waals surface area contributed by atoms with E-state index in [9.17, 15) is 9.59 Å². The van der Waals surface area contributed by atoms with Gasteiger partial charge in [-0.3, -0.25) is 9.78 Å². The van der Waals surface area contributed by atoms with E-state index in [0.717, 1.165) is 33.4 Å². The molecule has 0 spiro atoms. The molecule has 0 aliphatic rings. The Morgan fingerprint density at radius 3 is 2.41 bits per heavy atom. The van der Waals surface area contributed by atoms with Gasteiger partial charge in [0.2, 0.25) is 0 Å². The first-order valence-electron chi connectivity index (χ1n) is 10.3. The van der Waals surface area contributed by atoms with Crippen molar-refractivity contribution in [3.05, 3.63) is 82.7 Å². The van der Waals surface area contributed by atoms with Crippen molar-refractivity contribution < 1.29 is 14.3 Å². The average molecular weight is 428 g/mol. The average Bonchev–Trinajstić information content (AvgIpc) is 3.12. The number of rotatable bonds is 5. The number of aromatic nitrogens is 3. The SMILES string of the molecule is Cc1ccc(-n2nc(C)cc2NC(=O)COC(=O)c2cc3cc(C)ccc3nc2C)cc1. The van der Waals surface area contributed by atoms with Gasteiger partial charge in [-0.25, -0.2) is 9.48 Å². The minimum absolute atomic E-state index is 0.344. The third-order valence-corrected chi connectivity index (χ3v) is 5.09. The van der Waals surface area contributed by atoms with Crippen LogP contribution in [0.2, 0.25) is 0 Å². The van der Waals surface area contributed by atoms with E-state index >= 15 is 0 Å². The highest BCUT2D eigenvalue weighted by Crippen LogP contribution is 2.20. The van der Waals surface area contributed by atoms with Crippen molar-refractivity contribution in [2.75, 3.05) is 11.9 Å². The Kier molecular flexibility index (Phi) is 5.73. The number of anilines is 1. The molecule has 2 heterocycles. The van der Waals surface area contributed by atoms with Crippen molar-refractivity contribution in [3.8, 4) is 5.69 Å². The molecular formula is C25H24N4O3. The quantitative estimate of drug-likeness (QED) is 0.475. The van der Waals surface area contributed by atoms with Crippen LogP contribution in [0.5, 0.6) is 0 Å². The van der Waals surface area contributed by atoms with Crippen LogP contribution in [0.1, 0.15) is 32.9 Å². The van der Waals surface area contributed by atoms with Gasteiger partial charge in [-0.2, -0.15) is 5.10 Å². The van der Waals surface area contributed by atoms with Gasteiger partial charge in [0, 0.05) is 11.5 Å². The number of hydrogen-bond acceptors (Lipinski definition) is 5. The molecule has 0 radical (unpaired) electrons. The molecule has 0 bridgehead atoms. The van der Waals surface area contributed by atoms with E-state index in [2.05, 4.69) is 15.4 Å². The van der Waals surface area contributed by atoms with Crippen LogP contribution in [0.15, 0.2) is 54.6 Å². The number of nitrogens with one attached hydrogen (secondary N) is 1. The minimum Gasteiger partial charge on any atom is -0.452 e. The summed E-state index contributed by atoms with van der Waals surface area (Å²) in [5.41, 5.74) is 5.49. The van der Waals surface area contributed by atoms with Crippen LogP contribution in [-0.4, -0.2) is 33.2 Å². The molecule has 0 unspecified atom stereocenters. The van der Waals surface area contributed by atoms with E-state index in [-0.39, 0.29) is 0 Å². The Hall–Kier alpha value is -4.00. The standard InChI is InChI=1S/C25H24N4O3/c1-15-5-8-20(9-6-15)29-23(12-17(3)28-29)27-24(30)14-32-25(31)21-13-19-11-16(2)7-10-22(19)26-18(21)4/h5-13H,14H2,1-4H3,(H,27,30). The number of carbonyl (C=O) groups excluding carboxylic acids is 2. The Bertz CT molecular complexity index is 1320. The lowest BCUT2D eigenvalue weighted by molar-refractivity contribution is -0.119. The number of fused-ring (bicyclic) bond motifs is 1. The van der Waals surface area contributed by atoms with E-state index in [1.54, 1.807) is 23.7 Å². The van der Waals surface area contributed by atoms with Crippen LogP contribution in [0.4, 0.5) is 5.82 Å². The molecule has 2 aromatic carbocycles. The molecule has 4 aromatic rings. The molecule has 32 heavy (non-hydrogen) atoms. The predicted molar refractivity (Wildman–Crippen MR) is 123 cm³/mol. The van der Waals surface area contributed by atoms with Crippen molar-refractivity contribution in [2.24, 2.45) is 0 Å². The van der Waals surface area contributed by atoms with Crippen molar-refractivity contribution in [1.82, 2.24) is 14.8 Å². The summed E-state index contributed by atoms with van der Waals surface area (Å²) in [6.45, 7) is 7.16. The third-order valence-electron chi connectivity index (χ3n) is 5.09. The second-order valence-corrected chi connectivity index (χ2v) is 7.86. The molecule has 0 saturated carbocycles. The maximum Gasteiger partial charge on any atom is 0.340 e. The van der Waals surface area contributed by atoms with Crippen LogP contribution in [-0.2, 0) is 9.53 Å². The van der Waals surface area contributed by atoms with Crippen LogP contribution < -0.4 is 5.32 Å². The highest BCUT2D eigenvalue weighted by atomic mass is 16.5. The summed E-state index contributed by atoms with van der Waals surface area (Å²) in [5, 5.41) is 8.06. The summed E-state index contributed by atoms with van der Waals surface area (Å²) in [5.74, 6) is -0.530. The molecule has 0 atom stereocenters. The minimum atomic E-state index is -0.586. The number of esters is 1. The van der Waals surface area contributed by atoms with Gasteiger partial charge >= 0.3 is 5.97 Å². The largest absolute Gasteiger partial charge is 0.452 e. The van der Waals surface area contributed by atoms with Gasteiger partial charge in [-0.15, -0.1) is 0 Å². The number of amides is 1. The summed E-state index contributed by atoms with van der Waals surface area (Å²) in [7, 11) is 0. The first-order valence-corrected chi connectivity index (χ1v) is 10.3. The predicted octanol–water partition coefficient (Wildman–Crippen LogP) is 4.45. The fourth-order valence-electron chi connectivity index (χ4n) is 3.46. The van der Waals surface area contributed by atoms with Crippen LogP contribution in [0.25, 0.3) is 16.6 Å². The number of nitrogens with zero attached hydrogens (tertiary/aromatic N) is 3. The van der Waals surface area contributed by atoms with Gasteiger partial charge in [0.05, 0.1) is 28.2 Å². The maximum absolute atomic E-state index is 12.6. The molecular weight excluding hydrogens is 404 g/mol. The lowest BCUT2D eigenvalue weighted by Crippen LogP contribution is -2.22. The summed E-state index contributed by atoms with van der Waals surface area (Å²) >= 11 is 0. The Morgan fingerprint density at radius 2 is 1.66 bits per heavy atom. The van der Waals surface area contributed by atoms with Crippen LogP contribution >= 0.6 is 0 Å². The molecule has 1 N–H and O–H groups in total. The smallest absolute Gasteiger partial charge is 0.340 e. The molecule has 4 rings (SSSR count). The van der Waals surface area contributed by atoms with Crippen LogP contribution in [0.3, 0.4) is 0 Å². The zero-order chi connectivity index (χ0) is 22.8. The van der Waals surface area contributed by atoms with Gasteiger partial charge in [0.15, 0.2) is 6.61 Å². The first-order chi connectivity index (χ1) is 15.3. The normalized spacial score (nSPS) is 10.9. The molecule has 7 nitrogen and oxygen atoms in total. The lowest BCUT2D eigenvalue weighted by Gasteiger charge is -2.11. The fraction of sp³-hybridized carbons (Fsp3) is 0.200. The van der Waals surface area contributed by atoms with Gasteiger partial charge < -0.3 is 10.1 Å². The molecule has 0 saturated heterocycles. The van der Waals surface area contributed by atoms with E-state index < -0.39 is 18.5 Å². The Balaban J connectivity index is 1.46. The zero-order valence-corrected chi connectivity index (χ0v) is 18.5. The van der Waals surface area contributed by atoms with Gasteiger partial charge in [-0.1, -0.05) is 29.3 Å². The van der Waals surface area contributed by atoms with Gasteiger partial charge in [-0.05, 0) is 58.0 Å². The van der Waals surface area contributed by atoms with Gasteiger partial charge in [0.25, 0.3) is 5.91 Å². The summed E-state index contributed by atoms with van der Waals surface area (Å²) in [6.07, 6.45) is 0. The highest BCUT2D eigenvalue weighted by molar-refractivity contribution is 5.98. The molecule has 0 aliphatic heterocycles. The number of carbonyl (C=O) groups is 2. The van der Waals surface area contributed by atoms with Crippen molar-refractivity contribution in [3.63, 3.8) is 0 Å². The molecule has 2 aromatic heterocycles. The van der Waals surface area contributed by atoms with E-state index in [0.29, 0.717) is 17.1 Å². The molecule has 7 heteroatoms. The summed E-state index contributed by atoms with van der Waals surface area (Å²) < 4.78 is 6.92. The fourth-order valence-corrected chi connectivity index (χ4v) is 3.46. The summed E-state index contributed by atoms with van der Waals surface area (Å²) in [4.78, 5) is 29.6. The molecule has 1 amide bonds. The number of hydrogen-bond donors (Lipinski definition) is 1. The first kappa shape index (κ1) is 21.2. The Labute approximate surface area is 186 Å². The Morgan fingerprint density at radius 1 is 0.938 bits per heavy atom. The maximum atomic E-state index is 12.6. The van der Waals surface area contributed by atoms with Gasteiger partial charge in [0.1, 0.15) is 5.82 Å². The second kappa shape index (κ2) is 8.63. The molecule has 0 aliphatic carbocycles. The monoisotopic (exact) mass is 428 g/mol. The molecule has 162 valence electrons. The topological polar surface area (TPSA) is 86.1 Å². The molecule has 0 fully saturated rings. The van der Waals surface area contributed by atoms with E-state index in [1.165, 1.54) is 0 Å². The highest BCUT2D eigenvalue weighted by Gasteiger charge is 2.16. The van der Waals surface area contributed by atoms with Crippen LogP contribution in [0, 0.1) is 27.7 Å². The number of benzene rings is 2. The summed E-state index contributed by atoms with van der Waals surface area (Å²) in [6, 6.07) is 17.2. The number of pyridine rings is 1. The second-order valence-electron chi connectivity index (χ2n) is 7.86. The van der Waals surface area contributed by atoms with E-state index in [4.69, 9.17) is 4.74 Å². The zero-order valence-electron chi connectivity index (χ0n) is 18.5. The number of aryl methyl sites for hydroxylation is 4. The van der Waals surface area contributed by atoms with Crippen molar-refractivity contribution in [1.29, 1.82) is 0 Å².